The number of anilines is 1. The van der Waals surface area contributed by atoms with E-state index in [0.717, 1.165) is 34.1 Å². The van der Waals surface area contributed by atoms with E-state index in [4.69, 9.17) is 4.98 Å². The molecule has 0 bridgehead atoms. The Bertz CT molecular complexity index is 909. The van der Waals surface area contributed by atoms with Crippen LogP contribution in [0.25, 0.3) is 10.2 Å². The second kappa shape index (κ2) is 10.0. The van der Waals surface area contributed by atoms with E-state index in [9.17, 15) is 4.79 Å². The summed E-state index contributed by atoms with van der Waals surface area (Å²) in [6.45, 7) is 3.56. The first-order valence-electron chi connectivity index (χ1n) is 9.53. The van der Waals surface area contributed by atoms with Crippen LogP contribution in [0.4, 0.5) is 5.13 Å². The molecule has 3 rings (SSSR count). The number of thiazole rings is 1. The third-order valence-corrected chi connectivity index (χ3v) is 6.52. The molecule has 0 aliphatic carbocycles. The molecule has 0 saturated carbocycles. The molecule has 0 fully saturated rings. The Labute approximate surface area is 175 Å². The molecule has 0 spiro atoms. The van der Waals surface area contributed by atoms with Crippen LogP contribution >= 0.6 is 23.1 Å². The summed E-state index contributed by atoms with van der Waals surface area (Å²) in [7, 11) is 4.06. The summed E-state index contributed by atoms with van der Waals surface area (Å²) >= 11 is 3.41. The number of hydrogen-bond acceptors (Lipinski definition) is 5. The molecule has 0 aliphatic heterocycles. The van der Waals surface area contributed by atoms with E-state index in [0.29, 0.717) is 13.0 Å². The fraction of sp³-hybridized carbons (Fsp3) is 0.364. The topological polar surface area (TPSA) is 36.4 Å². The Morgan fingerprint density at radius 2 is 1.89 bits per heavy atom. The number of fused-ring (bicyclic) bond motifs is 1. The van der Waals surface area contributed by atoms with Gasteiger partial charge in [-0.2, -0.15) is 0 Å². The lowest BCUT2D eigenvalue weighted by atomic mass is 10.2. The number of amides is 1. The predicted octanol–water partition coefficient (Wildman–Crippen LogP) is 5.07. The number of likely N-dealkylation sites (N-methyl/N-ethyl adjacent to an activating group) is 1. The number of carbonyl (C=O) groups excluding carboxylic acids is 1. The normalized spacial score (nSPS) is 11.3. The van der Waals surface area contributed by atoms with Gasteiger partial charge in [0, 0.05) is 24.4 Å². The molecule has 6 heteroatoms. The summed E-state index contributed by atoms with van der Waals surface area (Å²) in [5, 5.41) is 0.808. The number of thioether (sulfide) groups is 1. The minimum atomic E-state index is 0.159. The van der Waals surface area contributed by atoms with Gasteiger partial charge in [-0.25, -0.2) is 4.98 Å². The Morgan fingerprint density at radius 3 is 2.64 bits per heavy atom. The van der Waals surface area contributed by atoms with E-state index in [1.165, 1.54) is 10.5 Å². The van der Waals surface area contributed by atoms with Gasteiger partial charge in [0.25, 0.3) is 0 Å². The first-order valence-corrected chi connectivity index (χ1v) is 11.3. The van der Waals surface area contributed by atoms with Crippen molar-refractivity contribution in [2.45, 2.75) is 24.7 Å². The van der Waals surface area contributed by atoms with Crippen molar-refractivity contribution in [3.05, 3.63) is 54.1 Å². The average Bonchev–Trinajstić information content (AvgIpc) is 3.08. The van der Waals surface area contributed by atoms with E-state index < -0.39 is 0 Å². The highest BCUT2D eigenvalue weighted by molar-refractivity contribution is 7.99. The van der Waals surface area contributed by atoms with Gasteiger partial charge in [0.2, 0.25) is 5.91 Å². The third kappa shape index (κ3) is 5.80. The Hall–Kier alpha value is -1.89. The molecule has 0 radical (unpaired) electrons. The highest BCUT2D eigenvalue weighted by Gasteiger charge is 2.19. The largest absolute Gasteiger partial charge is 0.308 e. The summed E-state index contributed by atoms with van der Waals surface area (Å²) in [6.07, 6.45) is 1.41. The van der Waals surface area contributed by atoms with Gasteiger partial charge < -0.3 is 4.90 Å². The van der Waals surface area contributed by atoms with Crippen molar-refractivity contribution in [1.82, 2.24) is 9.88 Å². The minimum Gasteiger partial charge on any atom is -0.308 e. The lowest BCUT2D eigenvalue weighted by Gasteiger charge is -2.22. The van der Waals surface area contributed by atoms with Crippen LogP contribution in [0, 0.1) is 6.92 Å². The van der Waals surface area contributed by atoms with Gasteiger partial charge in [-0.1, -0.05) is 35.6 Å². The lowest BCUT2D eigenvalue weighted by Crippen LogP contribution is -2.36. The van der Waals surface area contributed by atoms with E-state index in [1.807, 2.05) is 43.3 Å². The van der Waals surface area contributed by atoms with Crippen molar-refractivity contribution in [1.29, 1.82) is 0 Å². The maximum atomic E-state index is 13.0. The first kappa shape index (κ1) is 20.8. The molecular weight excluding hydrogens is 386 g/mol. The van der Waals surface area contributed by atoms with Crippen LogP contribution in [-0.4, -0.2) is 48.7 Å². The Kier molecular flexibility index (Phi) is 7.48. The highest BCUT2D eigenvalue weighted by Crippen LogP contribution is 2.30. The fourth-order valence-corrected chi connectivity index (χ4v) is 4.81. The molecule has 28 heavy (non-hydrogen) atoms. The monoisotopic (exact) mass is 413 g/mol. The van der Waals surface area contributed by atoms with Crippen LogP contribution < -0.4 is 4.90 Å². The minimum absolute atomic E-state index is 0.159. The zero-order chi connectivity index (χ0) is 19.9. The average molecular weight is 414 g/mol. The SMILES string of the molecule is Cc1ccc2nc(N(CCN(C)C)C(=O)CCCSc3ccccc3)sc2c1. The number of hydrogen-bond donors (Lipinski definition) is 0. The molecule has 1 aromatic heterocycles. The maximum Gasteiger partial charge on any atom is 0.228 e. The number of benzene rings is 2. The van der Waals surface area contributed by atoms with Crippen molar-refractivity contribution < 1.29 is 4.79 Å². The van der Waals surface area contributed by atoms with Crippen molar-refractivity contribution in [3.63, 3.8) is 0 Å². The third-order valence-electron chi connectivity index (χ3n) is 4.38. The standard InChI is InChI=1S/C22H27N3OS2/c1-17-11-12-19-20(16-17)28-22(23-19)25(14-13-24(2)3)21(26)10-7-15-27-18-8-5-4-6-9-18/h4-6,8-9,11-12,16H,7,10,13-15H2,1-3H3. The Morgan fingerprint density at radius 1 is 1.11 bits per heavy atom. The molecule has 0 aliphatic rings. The Balaban J connectivity index is 1.64. The molecule has 2 aromatic carbocycles. The van der Waals surface area contributed by atoms with Gasteiger partial charge in [0.1, 0.15) is 0 Å². The molecule has 0 atom stereocenters. The quantitative estimate of drug-likeness (QED) is 0.362. The molecule has 0 unspecified atom stereocenters. The summed E-state index contributed by atoms with van der Waals surface area (Å²) in [5.74, 6) is 1.10. The molecule has 0 N–H and O–H groups in total. The van der Waals surface area contributed by atoms with Crippen molar-refractivity contribution >= 4 is 44.4 Å². The first-order chi connectivity index (χ1) is 13.5. The van der Waals surface area contributed by atoms with Crippen LogP contribution in [0.3, 0.4) is 0 Å². The second-order valence-corrected chi connectivity index (χ2v) is 9.26. The predicted molar refractivity (Wildman–Crippen MR) is 122 cm³/mol. The van der Waals surface area contributed by atoms with Gasteiger partial charge in [0.15, 0.2) is 5.13 Å². The van der Waals surface area contributed by atoms with Crippen LogP contribution in [0.1, 0.15) is 18.4 Å². The van der Waals surface area contributed by atoms with Crippen LogP contribution in [-0.2, 0) is 4.79 Å². The van der Waals surface area contributed by atoms with Crippen molar-refractivity contribution in [2.75, 3.05) is 37.8 Å². The molecular formula is C22H27N3OS2. The second-order valence-electron chi connectivity index (χ2n) is 7.08. The molecule has 3 aromatic rings. The summed E-state index contributed by atoms with van der Waals surface area (Å²) in [4.78, 5) is 22.9. The summed E-state index contributed by atoms with van der Waals surface area (Å²) in [5.41, 5.74) is 2.18. The van der Waals surface area contributed by atoms with E-state index in [2.05, 4.69) is 36.1 Å². The molecule has 0 saturated heterocycles. The zero-order valence-electron chi connectivity index (χ0n) is 16.7. The summed E-state index contributed by atoms with van der Waals surface area (Å²) in [6, 6.07) is 16.6. The number of aromatic nitrogens is 1. The van der Waals surface area contributed by atoms with Crippen molar-refractivity contribution in [2.24, 2.45) is 0 Å². The van der Waals surface area contributed by atoms with Gasteiger partial charge in [-0.15, -0.1) is 11.8 Å². The summed E-state index contributed by atoms with van der Waals surface area (Å²) < 4.78 is 1.14. The van der Waals surface area contributed by atoms with Gasteiger partial charge in [0.05, 0.1) is 10.2 Å². The van der Waals surface area contributed by atoms with E-state index >= 15 is 0 Å². The number of rotatable bonds is 9. The smallest absolute Gasteiger partial charge is 0.228 e. The van der Waals surface area contributed by atoms with Crippen LogP contribution in [0.15, 0.2) is 53.4 Å². The van der Waals surface area contributed by atoms with Crippen LogP contribution in [0.2, 0.25) is 0 Å². The number of aryl methyl sites for hydroxylation is 1. The number of carbonyl (C=O) groups is 1. The molecule has 4 nitrogen and oxygen atoms in total. The van der Waals surface area contributed by atoms with Crippen LogP contribution in [0.5, 0.6) is 0 Å². The van der Waals surface area contributed by atoms with E-state index in [1.54, 1.807) is 23.1 Å². The van der Waals surface area contributed by atoms with Gasteiger partial charge in [-0.3, -0.25) is 9.69 Å². The highest BCUT2D eigenvalue weighted by atomic mass is 32.2. The lowest BCUT2D eigenvalue weighted by molar-refractivity contribution is -0.118. The number of nitrogens with zero attached hydrogens (tertiary/aromatic N) is 3. The van der Waals surface area contributed by atoms with Gasteiger partial charge >= 0.3 is 0 Å². The molecule has 1 amide bonds. The molecule has 148 valence electrons. The maximum absolute atomic E-state index is 13.0. The molecule has 1 heterocycles. The van der Waals surface area contributed by atoms with Gasteiger partial charge in [-0.05, 0) is 63.0 Å². The zero-order valence-corrected chi connectivity index (χ0v) is 18.4. The fourth-order valence-electron chi connectivity index (χ4n) is 2.83. The van der Waals surface area contributed by atoms with Crippen molar-refractivity contribution in [3.8, 4) is 0 Å². The van der Waals surface area contributed by atoms with E-state index in [-0.39, 0.29) is 5.91 Å².